The standard InChI is InChI=1S/C5H3ClN4.ClH/c6-5-4-3(1-2-7-5)8-10-9-4;/h1-2H,(H,8,9,10);1H. The number of hydrogen-bond donors (Lipinski definition) is 1. The van der Waals surface area contributed by atoms with Crippen LogP contribution in [0.25, 0.3) is 11.0 Å². The number of rotatable bonds is 0. The summed E-state index contributed by atoms with van der Waals surface area (Å²) < 4.78 is 0. The van der Waals surface area contributed by atoms with Crippen molar-refractivity contribution in [2.24, 2.45) is 0 Å². The van der Waals surface area contributed by atoms with Crippen molar-refractivity contribution < 1.29 is 0 Å². The van der Waals surface area contributed by atoms with Crippen LogP contribution < -0.4 is 0 Å². The zero-order valence-corrected chi connectivity index (χ0v) is 6.85. The first-order valence-electron chi connectivity index (χ1n) is 2.69. The molecule has 0 aliphatic rings. The monoisotopic (exact) mass is 190 g/mol. The van der Waals surface area contributed by atoms with Crippen molar-refractivity contribution in [3.8, 4) is 0 Å². The molecule has 0 spiro atoms. The average Bonchev–Trinajstić information content (AvgIpc) is 2.36. The molecule has 2 heterocycles. The predicted octanol–water partition coefficient (Wildman–Crippen LogP) is 1.43. The fraction of sp³-hybridized carbons (Fsp3) is 0. The SMILES string of the molecule is Cl.Clc1nccc2nn[nH]c12. The van der Waals surface area contributed by atoms with Crippen LogP contribution >= 0.6 is 24.0 Å². The van der Waals surface area contributed by atoms with Crippen LogP contribution in [0.3, 0.4) is 0 Å². The van der Waals surface area contributed by atoms with E-state index in [1.165, 1.54) is 0 Å². The second kappa shape index (κ2) is 3.02. The van der Waals surface area contributed by atoms with E-state index in [1.807, 2.05) is 0 Å². The first kappa shape index (κ1) is 8.23. The molecule has 2 rings (SSSR count). The van der Waals surface area contributed by atoms with Gasteiger partial charge in [0.15, 0.2) is 5.15 Å². The van der Waals surface area contributed by atoms with Crippen LogP contribution in [-0.2, 0) is 0 Å². The Kier molecular flexibility index (Phi) is 2.26. The fourth-order valence-electron chi connectivity index (χ4n) is 0.742. The minimum absolute atomic E-state index is 0. The Hall–Kier alpha value is -0.870. The molecular weight excluding hydrogens is 187 g/mol. The number of H-pyrrole nitrogens is 1. The number of hydrogen-bond acceptors (Lipinski definition) is 3. The third-order valence-corrected chi connectivity index (χ3v) is 1.49. The molecule has 2 aromatic rings. The Morgan fingerprint density at radius 2 is 2.27 bits per heavy atom. The molecule has 0 saturated heterocycles. The number of aromatic amines is 1. The number of nitrogens with one attached hydrogen (secondary N) is 1. The lowest BCUT2D eigenvalue weighted by Crippen LogP contribution is -1.75. The van der Waals surface area contributed by atoms with Gasteiger partial charge in [-0.25, -0.2) is 4.98 Å². The number of pyridine rings is 1. The lowest BCUT2D eigenvalue weighted by molar-refractivity contribution is 0.959. The highest BCUT2D eigenvalue weighted by molar-refractivity contribution is 6.33. The van der Waals surface area contributed by atoms with Crippen LogP contribution in [0.2, 0.25) is 5.15 Å². The Labute approximate surface area is 73.4 Å². The summed E-state index contributed by atoms with van der Waals surface area (Å²) in [5, 5.41) is 10.3. The van der Waals surface area contributed by atoms with Gasteiger partial charge in [0.05, 0.1) is 0 Å². The van der Waals surface area contributed by atoms with E-state index in [-0.39, 0.29) is 12.4 Å². The molecule has 0 bridgehead atoms. The summed E-state index contributed by atoms with van der Waals surface area (Å²) >= 11 is 5.68. The highest BCUT2D eigenvalue weighted by atomic mass is 35.5. The van der Waals surface area contributed by atoms with E-state index in [2.05, 4.69) is 20.4 Å². The van der Waals surface area contributed by atoms with E-state index in [4.69, 9.17) is 11.6 Å². The zero-order valence-electron chi connectivity index (χ0n) is 5.28. The minimum Gasteiger partial charge on any atom is -0.254 e. The maximum Gasteiger partial charge on any atom is 0.156 e. The third kappa shape index (κ3) is 1.27. The van der Waals surface area contributed by atoms with Gasteiger partial charge < -0.3 is 0 Å². The molecule has 0 saturated carbocycles. The molecule has 0 aliphatic heterocycles. The van der Waals surface area contributed by atoms with Crippen molar-refractivity contribution in [2.75, 3.05) is 0 Å². The topological polar surface area (TPSA) is 54.5 Å². The normalized spacial score (nSPS) is 9.55. The van der Waals surface area contributed by atoms with Gasteiger partial charge in [-0.05, 0) is 6.07 Å². The molecule has 58 valence electrons. The molecule has 4 nitrogen and oxygen atoms in total. The second-order valence-electron chi connectivity index (χ2n) is 1.81. The van der Waals surface area contributed by atoms with Crippen LogP contribution in [0.1, 0.15) is 0 Å². The van der Waals surface area contributed by atoms with E-state index in [1.54, 1.807) is 12.3 Å². The molecule has 2 aromatic heterocycles. The third-order valence-electron chi connectivity index (χ3n) is 1.20. The highest BCUT2D eigenvalue weighted by Gasteiger charge is 2.00. The molecule has 0 aromatic carbocycles. The quantitative estimate of drug-likeness (QED) is 0.640. The summed E-state index contributed by atoms with van der Waals surface area (Å²) in [6.07, 6.45) is 1.59. The molecule has 6 heteroatoms. The van der Waals surface area contributed by atoms with Gasteiger partial charge >= 0.3 is 0 Å². The zero-order chi connectivity index (χ0) is 6.97. The maximum absolute atomic E-state index is 5.68. The first-order valence-corrected chi connectivity index (χ1v) is 3.07. The summed E-state index contributed by atoms with van der Waals surface area (Å²) in [6, 6.07) is 1.74. The molecule has 0 unspecified atom stereocenters. The smallest absolute Gasteiger partial charge is 0.156 e. The van der Waals surface area contributed by atoms with Crippen molar-refractivity contribution in [2.45, 2.75) is 0 Å². The van der Waals surface area contributed by atoms with Crippen molar-refractivity contribution in [3.63, 3.8) is 0 Å². The maximum atomic E-state index is 5.68. The Morgan fingerprint density at radius 3 is 3.00 bits per heavy atom. The number of aromatic nitrogens is 4. The van der Waals surface area contributed by atoms with Crippen LogP contribution in [0.5, 0.6) is 0 Å². The summed E-state index contributed by atoms with van der Waals surface area (Å²) in [6.45, 7) is 0. The van der Waals surface area contributed by atoms with E-state index in [0.29, 0.717) is 10.7 Å². The van der Waals surface area contributed by atoms with E-state index in [9.17, 15) is 0 Å². The van der Waals surface area contributed by atoms with Gasteiger partial charge in [0.25, 0.3) is 0 Å². The number of fused-ring (bicyclic) bond motifs is 1. The van der Waals surface area contributed by atoms with E-state index in [0.717, 1.165) is 5.52 Å². The average molecular weight is 191 g/mol. The largest absolute Gasteiger partial charge is 0.254 e. The Morgan fingerprint density at radius 1 is 1.45 bits per heavy atom. The highest BCUT2D eigenvalue weighted by Crippen LogP contribution is 2.14. The summed E-state index contributed by atoms with van der Waals surface area (Å²) in [4.78, 5) is 3.83. The van der Waals surface area contributed by atoms with Gasteiger partial charge in [0.1, 0.15) is 11.0 Å². The van der Waals surface area contributed by atoms with Gasteiger partial charge in [-0.1, -0.05) is 16.8 Å². The predicted molar refractivity (Wildman–Crippen MR) is 43.9 cm³/mol. The van der Waals surface area contributed by atoms with Gasteiger partial charge in [0, 0.05) is 6.20 Å². The summed E-state index contributed by atoms with van der Waals surface area (Å²) in [5.74, 6) is 0. The molecule has 0 amide bonds. The molecular formula is C5H4Cl2N4. The van der Waals surface area contributed by atoms with Crippen molar-refractivity contribution >= 4 is 35.0 Å². The van der Waals surface area contributed by atoms with Gasteiger partial charge in [-0.2, -0.15) is 0 Å². The van der Waals surface area contributed by atoms with Crippen molar-refractivity contribution in [1.29, 1.82) is 0 Å². The molecule has 0 atom stereocenters. The van der Waals surface area contributed by atoms with Crippen LogP contribution in [0, 0.1) is 0 Å². The summed E-state index contributed by atoms with van der Waals surface area (Å²) in [5.41, 5.74) is 1.42. The number of nitrogens with zero attached hydrogens (tertiary/aromatic N) is 3. The second-order valence-corrected chi connectivity index (χ2v) is 2.17. The van der Waals surface area contributed by atoms with E-state index < -0.39 is 0 Å². The molecule has 0 aliphatic carbocycles. The molecule has 11 heavy (non-hydrogen) atoms. The Balaban J connectivity index is 0.000000605. The van der Waals surface area contributed by atoms with E-state index >= 15 is 0 Å². The lowest BCUT2D eigenvalue weighted by Gasteiger charge is -1.86. The lowest BCUT2D eigenvalue weighted by atomic mass is 10.4. The number of halogens is 2. The Bertz CT molecular complexity index is 358. The van der Waals surface area contributed by atoms with Gasteiger partial charge in [-0.3, -0.25) is 5.10 Å². The van der Waals surface area contributed by atoms with Crippen molar-refractivity contribution in [3.05, 3.63) is 17.4 Å². The van der Waals surface area contributed by atoms with Crippen LogP contribution in [0.15, 0.2) is 12.3 Å². The molecule has 0 radical (unpaired) electrons. The first-order chi connectivity index (χ1) is 4.88. The van der Waals surface area contributed by atoms with Gasteiger partial charge in [0.2, 0.25) is 0 Å². The molecule has 1 N–H and O–H groups in total. The van der Waals surface area contributed by atoms with Gasteiger partial charge in [-0.15, -0.1) is 17.5 Å². The van der Waals surface area contributed by atoms with Crippen LogP contribution in [0.4, 0.5) is 0 Å². The van der Waals surface area contributed by atoms with Crippen molar-refractivity contribution in [1.82, 2.24) is 20.4 Å². The van der Waals surface area contributed by atoms with Crippen LogP contribution in [-0.4, -0.2) is 20.4 Å². The minimum atomic E-state index is 0. The summed E-state index contributed by atoms with van der Waals surface area (Å²) in [7, 11) is 0. The molecule has 0 fully saturated rings. The fourth-order valence-corrected chi connectivity index (χ4v) is 0.938.